The Hall–Kier alpha value is -0.290. The first kappa shape index (κ1) is 16.8. The summed E-state index contributed by atoms with van der Waals surface area (Å²) in [6.45, 7) is 8.51. The van der Waals surface area contributed by atoms with E-state index in [4.69, 9.17) is 23.2 Å². The second kappa shape index (κ2) is 6.93. The van der Waals surface area contributed by atoms with E-state index in [2.05, 4.69) is 10.6 Å². The minimum Gasteiger partial charge on any atom is -0.351 e. The minimum atomic E-state index is -0.188. The lowest BCUT2D eigenvalue weighted by Crippen LogP contribution is -2.41. The second-order valence-corrected chi connectivity index (χ2v) is 7.79. The molecule has 1 amide bonds. The van der Waals surface area contributed by atoms with Crippen LogP contribution in [0.1, 0.15) is 45.7 Å². The van der Waals surface area contributed by atoms with Crippen molar-refractivity contribution in [1.82, 2.24) is 10.6 Å². The second-order valence-electron chi connectivity index (χ2n) is 5.50. The SMILES string of the molecule is CC(NCCC(=O)NC(C)(C)C)c1cc(Cl)sc1Cl. The van der Waals surface area contributed by atoms with Crippen LogP contribution in [0, 0.1) is 0 Å². The van der Waals surface area contributed by atoms with Gasteiger partial charge >= 0.3 is 0 Å². The van der Waals surface area contributed by atoms with Crippen LogP contribution in [0.5, 0.6) is 0 Å². The highest BCUT2D eigenvalue weighted by molar-refractivity contribution is 7.20. The van der Waals surface area contributed by atoms with Crippen molar-refractivity contribution in [2.24, 2.45) is 0 Å². The summed E-state index contributed by atoms with van der Waals surface area (Å²) < 4.78 is 1.38. The number of amides is 1. The molecule has 0 aliphatic heterocycles. The molecular weight excluding hydrogens is 303 g/mol. The van der Waals surface area contributed by atoms with Gasteiger partial charge in [0.05, 0.1) is 8.67 Å². The number of nitrogens with one attached hydrogen (secondary N) is 2. The topological polar surface area (TPSA) is 41.1 Å². The average molecular weight is 323 g/mol. The summed E-state index contributed by atoms with van der Waals surface area (Å²) in [6, 6.07) is 1.94. The zero-order valence-corrected chi connectivity index (χ0v) is 14.0. The molecule has 0 aromatic carbocycles. The van der Waals surface area contributed by atoms with Crippen LogP contribution < -0.4 is 10.6 Å². The maximum absolute atomic E-state index is 11.7. The summed E-state index contributed by atoms with van der Waals surface area (Å²) in [6.07, 6.45) is 0.442. The molecule has 2 N–H and O–H groups in total. The molecule has 0 radical (unpaired) electrons. The van der Waals surface area contributed by atoms with Gasteiger partial charge in [-0.2, -0.15) is 0 Å². The third kappa shape index (κ3) is 6.13. The van der Waals surface area contributed by atoms with E-state index < -0.39 is 0 Å². The van der Waals surface area contributed by atoms with E-state index in [0.717, 1.165) is 5.56 Å². The Kier molecular flexibility index (Phi) is 6.12. The first-order valence-corrected chi connectivity index (χ1v) is 7.75. The highest BCUT2D eigenvalue weighted by Gasteiger charge is 2.15. The van der Waals surface area contributed by atoms with Crippen molar-refractivity contribution in [1.29, 1.82) is 0 Å². The molecule has 0 fully saturated rings. The third-order valence-corrected chi connectivity index (χ3v) is 3.98. The van der Waals surface area contributed by atoms with E-state index >= 15 is 0 Å². The zero-order valence-electron chi connectivity index (χ0n) is 11.6. The number of carbonyl (C=O) groups is 1. The fourth-order valence-corrected chi connectivity index (χ4v) is 3.29. The van der Waals surface area contributed by atoms with Crippen LogP contribution in [0.25, 0.3) is 0 Å². The van der Waals surface area contributed by atoms with Gasteiger partial charge in [0.1, 0.15) is 0 Å². The molecule has 1 heterocycles. The molecule has 1 aromatic heterocycles. The fourth-order valence-electron chi connectivity index (χ4n) is 1.64. The molecular formula is C13H20Cl2N2OS. The monoisotopic (exact) mass is 322 g/mol. The van der Waals surface area contributed by atoms with Gasteiger partial charge in [-0.1, -0.05) is 23.2 Å². The molecule has 1 aromatic rings. The highest BCUT2D eigenvalue weighted by atomic mass is 35.5. The molecule has 0 bridgehead atoms. The van der Waals surface area contributed by atoms with E-state index in [-0.39, 0.29) is 17.5 Å². The lowest BCUT2D eigenvalue weighted by Gasteiger charge is -2.21. The molecule has 19 heavy (non-hydrogen) atoms. The number of halogens is 2. The van der Waals surface area contributed by atoms with Crippen LogP contribution >= 0.6 is 34.5 Å². The van der Waals surface area contributed by atoms with Crippen molar-refractivity contribution >= 4 is 40.4 Å². The minimum absolute atomic E-state index is 0.0432. The first-order valence-electron chi connectivity index (χ1n) is 6.18. The van der Waals surface area contributed by atoms with E-state index in [1.807, 2.05) is 33.8 Å². The Morgan fingerprint density at radius 3 is 2.53 bits per heavy atom. The Morgan fingerprint density at radius 1 is 1.42 bits per heavy atom. The van der Waals surface area contributed by atoms with Crippen molar-refractivity contribution in [2.75, 3.05) is 6.54 Å². The Balaban J connectivity index is 2.37. The van der Waals surface area contributed by atoms with Gasteiger partial charge in [0.2, 0.25) is 5.91 Å². The van der Waals surface area contributed by atoms with E-state index in [0.29, 0.717) is 21.6 Å². The summed E-state index contributed by atoms with van der Waals surface area (Å²) in [7, 11) is 0. The number of hydrogen-bond acceptors (Lipinski definition) is 3. The van der Waals surface area contributed by atoms with Gasteiger partial charge in [-0.05, 0) is 39.3 Å². The maximum Gasteiger partial charge on any atom is 0.221 e. The molecule has 1 unspecified atom stereocenters. The highest BCUT2D eigenvalue weighted by Crippen LogP contribution is 2.34. The number of thiophene rings is 1. The summed E-state index contributed by atoms with van der Waals surface area (Å²) in [4.78, 5) is 11.7. The van der Waals surface area contributed by atoms with Crippen LogP contribution in [0.2, 0.25) is 8.67 Å². The van der Waals surface area contributed by atoms with Crippen LogP contribution in [0.4, 0.5) is 0 Å². The lowest BCUT2D eigenvalue weighted by atomic mass is 10.1. The van der Waals surface area contributed by atoms with Crippen LogP contribution in [-0.2, 0) is 4.79 Å². The zero-order chi connectivity index (χ0) is 14.6. The summed E-state index contributed by atoms with van der Waals surface area (Å²) in [5.41, 5.74) is 0.792. The van der Waals surface area contributed by atoms with Crippen molar-refractivity contribution in [3.8, 4) is 0 Å². The van der Waals surface area contributed by atoms with Gasteiger partial charge in [0.15, 0.2) is 0 Å². The standard InChI is InChI=1S/C13H20Cl2N2OS/c1-8(9-7-10(14)19-12(9)15)16-6-5-11(18)17-13(2,3)4/h7-8,16H,5-6H2,1-4H3,(H,17,18). The molecule has 0 spiro atoms. The summed E-state index contributed by atoms with van der Waals surface area (Å²) >= 11 is 13.3. The van der Waals surface area contributed by atoms with Gasteiger partial charge in [0, 0.05) is 24.5 Å². The van der Waals surface area contributed by atoms with E-state index in [1.54, 1.807) is 0 Å². The van der Waals surface area contributed by atoms with E-state index in [1.165, 1.54) is 11.3 Å². The van der Waals surface area contributed by atoms with Crippen LogP contribution in [0.3, 0.4) is 0 Å². The molecule has 1 atom stereocenters. The van der Waals surface area contributed by atoms with Gasteiger partial charge in [-0.25, -0.2) is 0 Å². The summed E-state index contributed by atoms with van der Waals surface area (Å²) in [5.74, 6) is 0.0432. The molecule has 6 heteroatoms. The smallest absolute Gasteiger partial charge is 0.221 e. The largest absolute Gasteiger partial charge is 0.351 e. The van der Waals surface area contributed by atoms with Crippen molar-refractivity contribution in [2.45, 2.75) is 45.7 Å². The molecule has 3 nitrogen and oxygen atoms in total. The van der Waals surface area contributed by atoms with Gasteiger partial charge < -0.3 is 10.6 Å². The fraction of sp³-hybridized carbons (Fsp3) is 0.615. The quantitative estimate of drug-likeness (QED) is 0.859. The Morgan fingerprint density at radius 2 is 2.05 bits per heavy atom. The Bertz CT molecular complexity index is 440. The van der Waals surface area contributed by atoms with E-state index in [9.17, 15) is 4.79 Å². The predicted molar refractivity (Wildman–Crippen MR) is 83.3 cm³/mol. The molecule has 1 rings (SSSR count). The van der Waals surface area contributed by atoms with Gasteiger partial charge in [0.25, 0.3) is 0 Å². The van der Waals surface area contributed by atoms with Crippen molar-refractivity contribution in [3.05, 3.63) is 20.3 Å². The maximum atomic E-state index is 11.7. The third-order valence-electron chi connectivity index (χ3n) is 2.47. The van der Waals surface area contributed by atoms with Gasteiger partial charge in [-0.3, -0.25) is 4.79 Å². The number of rotatable bonds is 5. The number of carbonyl (C=O) groups excluding carboxylic acids is 1. The van der Waals surface area contributed by atoms with Gasteiger partial charge in [-0.15, -0.1) is 11.3 Å². The normalized spacial score (nSPS) is 13.4. The molecule has 0 aliphatic rings. The van der Waals surface area contributed by atoms with Crippen LogP contribution in [-0.4, -0.2) is 18.0 Å². The van der Waals surface area contributed by atoms with Crippen molar-refractivity contribution < 1.29 is 4.79 Å². The lowest BCUT2D eigenvalue weighted by molar-refractivity contribution is -0.122. The molecule has 0 saturated carbocycles. The Labute approximate surface area is 128 Å². The molecule has 108 valence electrons. The average Bonchev–Trinajstić information content (AvgIpc) is 2.55. The first-order chi connectivity index (χ1) is 8.69. The van der Waals surface area contributed by atoms with Crippen LogP contribution in [0.15, 0.2) is 6.07 Å². The summed E-state index contributed by atoms with van der Waals surface area (Å²) in [5, 5.41) is 6.20. The molecule has 0 aliphatic carbocycles. The molecule has 0 saturated heterocycles. The van der Waals surface area contributed by atoms with Crippen molar-refractivity contribution in [3.63, 3.8) is 0 Å². The predicted octanol–water partition coefficient (Wildman–Crippen LogP) is 4.01. The number of hydrogen-bond donors (Lipinski definition) is 2.